The van der Waals surface area contributed by atoms with Crippen LogP contribution in [0.25, 0.3) is 0 Å². The van der Waals surface area contributed by atoms with Gasteiger partial charge in [0.2, 0.25) is 0 Å². The van der Waals surface area contributed by atoms with Crippen LogP contribution in [0.4, 0.5) is 0 Å². The minimum absolute atomic E-state index is 0.152. The third-order valence-corrected chi connectivity index (χ3v) is 2.47. The minimum atomic E-state index is 0.152. The topological polar surface area (TPSA) is 35.2 Å². The molecule has 1 aliphatic heterocycles. The molecule has 0 spiro atoms. The highest BCUT2D eigenvalue weighted by Gasteiger charge is 2.13. The van der Waals surface area contributed by atoms with Crippen molar-refractivity contribution in [3.8, 4) is 0 Å². The summed E-state index contributed by atoms with van der Waals surface area (Å²) in [4.78, 5) is 0. The molecule has 1 aliphatic rings. The summed E-state index contributed by atoms with van der Waals surface area (Å²) in [6.07, 6.45) is 9.39. The summed E-state index contributed by atoms with van der Waals surface area (Å²) >= 11 is 0. The zero-order valence-corrected chi connectivity index (χ0v) is 8.59. The quantitative estimate of drug-likeness (QED) is 0.642. The van der Waals surface area contributed by atoms with Gasteiger partial charge in [-0.15, -0.1) is 0 Å². The van der Waals surface area contributed by atoms with Crippen LogP contribution in [-0.4, -0.2) is 12.6 Å². The Hall–Kier alpha value is -0.500. The van der Waals surface area contributed by atoms with Gasteiger partial charge in [0.1, 0.15) is 5.76 Å². The molecule has 76 valence electrons. The molecule has 0 saturated carbocycles. The van der Waals surface area contributed by atoms with Gasteiger partial charge in [-0.2, -0.15) is 0 Å². The Morgan fingerprint density at radius 1 is 1.46 bits per heavy atom. The van der Waals surface area contributed by atoms with E-state index in [1.54, 1.807) is 0 Å². The van der Waals surface area contributed by atoms with Crippen LogP contribution >= 0.6 is 0 Å². The van der Waals surface area contributed by atoms with Crippen molar-refractivity contribution in [2.45, 2.75) is 51.5 Å². The lowest BCUT2D eigenvalue weighted by Crippen LogP contribution is -2.22. The summed E-state index contributed by atoms with van der Waals surface area (Å²) in [6, 6.07) is 0.152. The second kappa shape index (κ2) is 6.03. The van der Waals surface area contributed by atoms with E-state index in [1.807, 2.05) is 0 Å². The Balaban J connectivity index is 2.06. The van der Waals surface area contributed by atoms with Gasteiger partial charge in [0.25, 0.3) is 0 Å². The fraction of sp³-hybridized carbons (Fsp3) is 0.818. The predicted molar refractivity (Wildman–Crippen MR) is 55.4 cm³/mol. The molecule has 13 heavy (non-hydrogen) atoms. The second-order valence-corrected chi connectivity index (χ2v) is 3.70. The van der Waals surface area contributed by atoms with Crippen molar-refractivity contribution in [1.29, 1.82) is 0 Å². The Bertz CT molecular complexity index is 165. The fourth-order valence-electron chi connectivity index (χ4n) is 1.63. The monoisotopic (exact) mass is 183 g/mol. The maximum absolute atomic E-state index is 5.97. The zero-order valence-electron chi connectivity index (χ0n) is 8.59. The van der Waals surface area contributed by atoms with Gasteiger partial charge in [0.05, 0.1) is 12.6 Å². The molecule has 0 aromatic carbocycles. The maximum Gasteiger partial charge on any atom is 0.109 e. The van der Waals surface area contributed by atoms with Crippen LogP contribution in [-0.2, 0) is 4.74 Å². The first-order chi connectivity index (χ1) is 6.34. The summed E-state index contributed by atoms with van der Waals surface area (Å²) in [5.74, 6) is 1.02. The van der Waals surface area contributed by atoms with Gasteiger partial charge in [-0.3, -0.25) is 0 Å². The molecule has 0 bridgehead atoms. The highest BCUT2D eigenvalue weighted by molar-refractivity contribution is 5.05. The molecule has 1 atom stereocenters. The first-order valence-electron chi connectivity index (χ1n) is 5.43. The molecule has 1 heterocycles. The summed E-state index contributed by atoms with van der Waals surface area (Å²) in [6.45, 7) is 3.06. The van der Waals surface area contributed by atoms with Crippen molar-refractivity contribution in [3.05, 3.63) is 11.8 Å². The number of unbranched alkanes of at least 4 members (excludes halogenated alkanes) is 3. The molecular weight excluding hydrogens is 162 g/mol. The van der Waals surface area contributed by atoms with Gasteiger partial charge >= 0.3 is 0 Å². The molecule has 1 unspecified atom stereocenters. The van der Waals surface area contributed by atoms with Crippen molar-refractivity contribution in [3.63, 3.8) is 0 Å². The van der Waals surface area contributed by atoms with Crippen molar-refractivity contribution >= 4 is 0 Å². The Morgan fingerprint density at radius 3 is 2.92 bits per heavy atom. The van der Waals surface area contributed by atoms with Crippen LogP contribution in [0.1, 0.15) is 45.4 Å². The average Bonchev–Trinajstić information content (AvgIpc) is 2.65. The summed E-state index contributed by atoms with van der Waals surface area (Å²) in [7, 11) is 0. The van der Waals surface area contributed by atoms with E-state index in [1.165, 1.54) is 25.7 Å². The van der Waals surface area contributed by atoms with Crippen LogP contribution in [0.3, 0.4) is 0 Å². The Kier molecular flexibility index (Phi) is 4.91. The summed E-state index contributed by atoms with van der Waals surface area (Å²) < 4.78 is 5.41. The van der Waals surface area contributed by atoms with E-state index in [-0.39, 0.29) is 6.04 Å². The highest BCUT2D eigenvalue weighted by Crippen LogP contribution is 2.16. The van der Waals surface area contributed by atoms with E-state index in [4.69, 9.17) is 10.5 Å². The van der Waals surface area contributed by atoms with E-state index in [2.05, 4.69) is 13.0 Å². The van der Waals surface area contributed by atoms with E-state index in [0.717, 1.165) is 25.2 Å². The van der Waals surface area contributed by atoms with Crippen molar-refractivity contribution in [1.82, 2.24) is 0 Å². The fourth-order valence-corrected chi connectivity index (χ4v) is 1.63. The van der Waals surface area contributed by atoms with E-state index in [9.17, 15) is 0 Å². The molecule has 2 N–H and O–H groups in total. The first-order valence-corrected chi connectivity index (χ1v) is 5.43. The zero-order chi connectivity index (χ0) is 9.52. The van der Waals surface area contributed by atoms with Crippen LogP contribution in [0.5, 0.6) is 0 Å². The molecule has 0 aromatic heterocycles. The Labute approximate surface area is 81.1 Å². The number of hydrogen-bond acceptors (Lipinski definition) is 2. The molecular formula is C11H21NO. The smallest absolute Gasteiger partial charge is 0.109 e. The minimum Gasteiger partial charge on any atom is -0.496 e. The molecule has 0 fully saturated rings. The predicted octanol–water partition coefficient (Wildman–Crippen LogP) is 2.59. The molecule has 0 aromatic rings. The van der Waals surface area contributed by atoms with Gasteiger partial charge in [-0.25, -0.2) is 0 Å². The summed E-state index contributed by atoms with van der Waals surface area (Å²) in [5, 5.41) is 0. The van der Waals surface area contributed by atoms with Gasteiger partial charge in [0.15, 0.2) is 0 Å². The van der Waals surface area contributed by atoms with Gasteiger partial charge in [0, 0.05) is 6.42 Å². The third-order valence-electron chi connectivity index (χ3n) is 2.47. The second-order valence-electron chi connectivity index (χ2n) is 3.70. The highest BCUT2D eigenvalue weighted by atomic mass is 16.5. The largest absolute Gasteiger partial charge is 0.496 e. The van der Waals surface area contributed by atoms with Crippen molar-refractivity contribution < 1.29 is 4.74 Å². The van der Waals surface area contributed by atoms with E-state index >= 15 is 0 Å². The lowest BCUT2D eigenvalue weighted by Gasteiger charge is -2.12. The molecule has 2 heteroatoms. The van der Waals surface area contributed by atoms with Gasteiger partial charge in [-0.1, -0.05) is 32.6 Å². The van der Waals surface area contributed by atoms with Crippen LogP contribution in [0.15, 0.2) is 11.8 Å². The van der Waals surface area contributed by atoms with Crippen molar-refractivity contribution in [2.24, 2.45) is 5.73 Å². The van der Waals surface area contributed by atoms with Gasteiger partial charge in [-0.05, 0) is 12.5 Å². The molecule has 0 amide bonds. The normalized spacial score (nSPS) is 18.2. The third kappa shape index (κ3) is 3.81. The number of nitrogens with two attached hydrogens (primary N) is 1. The number of rotatable bonds is 6. The van der Waals surface area contributed by atoms with E-state index < -0.39 is 0 Å². The average molecular weight is 183 g/mol. The molecule has 0 radical (unpaired) electrons. The first kappa shape index (κ1) is 10.6. The van der Waals surface area contributed by atoms with Crippen molar-refractivity contribution in [2.75, 3.05) is 6.61 Å². The summed E-state index contributed by atoms with van der Waals surface area (Å²) in [5.41, 5.74) is 5.97. The number of hydrogen-bond donors (Lipinski definition) is 1. The maximum atomic E-state index is 5.97. The molecule has 0 saturated heterocycles. The van der Waals surface area contributed by atoms with E-state index in [0.29, 0.717) is 0 Å². The molecule has 1 rings (SSSR count). The molecule has 0 aliphatic carbocycles. The lowest BCUT2D eigenvalue weighted by atomic mass is 10.1. The SMILES string of the molecule is CCCCCCC(N)C1=CCCO1. The van der Waals surface area contributed by atoms with Crippen LogP contribution in [0, 0.1) is 0 Å². The standard InChI is InChI=1S/C11H21NO/c1-2-3-4-5-7-10(12)11-8-6-9-13-11/h8,10H,2-7,9,12H2,1H3. The van der Waals surface area contributed by atoms with Crippen LogP contribution < -0.4 is 5.73 Å². The van der Waals surface area contributed by atoms with Gasteiger partial charge < -0.3 is 10.5 Å². The van der Waals surface area contributed by atoms with Crippen LogP contribution in [0.2, 0.25) is 0 Å². The lowest BCUT2D eigenvalue weighted by molar-refractivity contribution is 0.221. The Morgan fingerprint density at radius 2 is 2.31 bits per heavy atom. The molecule has 2 nitrogen and oxygen atoms in total. The number of ether oxygens (including phenoxy) is 1.